The number of carboxylic acids is 1. The number of rotatable bonds is 8. The smallest absolute Gasteiger partial charge is 0.313 e. The van der Waals surface area contributed by atoms with Crippen molar-refractivity contribution in [3.8, 4) is 5.75 Å². The summed E-state index contributed by atoms with van der Waals surface area (Å²) in [5.41, 5.74) is 2.23. The minimum absolute atomic E-state index is 0.0393. The maximum atomic E-state index is 10.7. The number of hydrogen-bond donors (Lipinski definition) is 1. The first-order valence-corrected chi connectivity index (χ1v) is 9.80. The predicted molar refractivity (Wildman–Crippen MR) is 101 cm³/mol. The molecule has 8 heteroatoms. The Morgan fingerprint density at radius 1 is 1.40 bits per heavy atom. The van der Waals surface area contributed by atoms with Crippen LogP contribution in [0.15, 0.2) is 21.8 Å². The van der Waals surface area contributed by atoms with Crippen molar-refractivity contribution in [1.82, 2.24) is 14.8 Å². The molecule has 0 amide bonds. The number of aromatic nitrogens is 3. The second-order valence-electron chi connectivity index (χ2n) is 5.91. The van der Waals surface area contributed by atoms with Crippen molar-refractivity contribution in [2.45, 2.75) is 51.9 Å². The molecule has 0 saturated heterocycles. The zero-order valence-corrected chi connectivity index (χ0v) is 17.1. The fourth-order valence-electron chi connectivity index (χ4n) is 2.37. The molecule has 0 saturated carbocycles. The Kier molecular flexibility index (Phi) is 6.89. The topological polar surface area (TPSA) is 77.2 Å². The van der Waals surface area contributed by atoms with Crippen molar-refractivity contribution >= 4 is 33.7 Å². The van der Waals surface area contributed by atoms with E-state index in [1.54, 1.807) is 0 Å². The molecule has 1 N–H and O–H groups in total. The van der Waals surface area contributed by atoms with E-state index in [4.69, 9.17) is 9.84 Å². The predicted octanol–water partition coefficient (Wildman–Crippen LogP) is 4.25. The second-order valence-corrected chi connectivity index (χ2v) is 7.70. The summed E-state index contributed by atoms with van der Waals surface area (Å²) in [6.45, 7) is 9.19. The van der Waals surface area contributed by atoms with E-state index < -0.39 is 5.97 Å². The van der Waals surface area contributed by atoms with Crippen molar-refractivity contribution in [1.29, 1.82) is 0 Å². The Morgan fingerprint density at radius 2 is 2.12 bits per heavy atom. The van der Waals surface area contributed by atoms with Gasteiger partial charge >= 0.3 is 5.97 Å². The molecule has 6 nitrogen and oxygen atoms in total. The second kappa shape index (κ2) is 8.71. The summed E-state index contributed by atoms with van der Waals surface area (Å²) in [7, 11) is 0. The van der Waals surface area contributed by atoms with Gasteiger partial charge in [0, 0.05) is 11.0 Å². The summed E-state index contributed by atoms with van der Waals surface area (Å²) >= 11 is 4.73. The maximum Gasteiger partial charge on any atom is 0.313 e. The summed E-state index contributed by atoms with van der Waals surface area (Å²) < 4.78 is 8.98. The summed E-state index contributed by atoms with van der Waals surface area (Å²) in [4.78, 5) is 10.7. The third-order valence-electron chi connectivity index (χ3n) is 3.70. The van der Waals surface area contributed by atoms with Crippen LogP contribution in [0.25, 0.3) is 0 Å². The lowest BCUT2D eigenvalue weighted by Gasteiger charge is -2.16. The summed E-state index contributed by atoms with van der Waals surface area (Å²) in [6, 6.07) is 4.11. The Hall–Kier alpha value is -1.54. The van der Waals surface area contributed by atoms with Crippen molar-refractivity contribution in [3.05, 3.63) is 33.6 Å². The molecule has 0 fully saturated rings. The number of aliphatic carboxylic acids is 1. The fraction of sp³-hybridized carbons (Fsp3) is 0.471. The Labute approximate surface area is 160 Å². The van der Waals surface area contributed by atoms with E-state index in [-0.39, 0.29) is 12.4 Å². The minimum atomic E-state index is -0.875. The highest BCUT2D eigenvalue weighted by molar-refractivity contribution is 9.10. The molecule has 0 atom stereocenters. The van der Waals surface area contributed by atoms with Crippen LogP contribution in [-0.2, 0) is 17.9 Å². The van der Waals surface area contributed by atoms with Crippen molar-refractivity contribution < 1.29 is 14.6 Å². The lowest BCUT2D eigenvalue weighted by Crippen LogP contribution is -2.09. The van der Waals surface area contributed by atoms with Crippen LogP contribution in [0.1, 0.15) is 43.6 Å². The van der Waals surface area contributed by atoms with E-state index in [0.29, 0.717) is 23.4 Å². The average Bonchev–Trinajstić information content (AvgIpc) is 2.95. The highest BCUT2D eigenvalue weighted by Crippen LogP contribution is 2.32. The lowest BCUT2D eigenvalue weighted by molar-refractivity contribution is -0.133. The molecule has 0 radical (unpaired) electrons. The van der Waals surface area contributed by atoms with Gasteiger partial charge < -0.3 is 14.4 Å². The van der Waals surface area contributed by atoms with Gasteiger partial charge in [0.25, 0.3) is 0 Å². The monoisotopic (exact) mass is 427 g/mol. The molecule has 1 heterocycles. The highest BCUT2D eigenvalue weighted by atomic mass is 79.9. The minimum Gasteiger partial charge on any atom is -0.485 e. The summed E-state index contributed by atoms with van der Waals surface area (Å²) in [5.74, 6) is 0.937. The van der Waals surface area contributed by atoms with Gasteiger partial charge in [0.1, 0.15) is 12.4 Å². The summed E-state index contributed by atoms with van der Waals surface area (Å²) in [5, 5.41) is 17.7. The van der Waals surface area contributed by atoms with Gasteiger partial charge in [-0.3, -0.25) is 4.79 Å². The summed E-state index contributed by atoms with van der Waals surface area (Å²) in [6.07, 6.45) is 0. The van der Waals surface area contributed by atoms with E-state index in [1.807, 2.05) is 24.5 Å². The SMILES string of the molecule is CCn1c(COc2cc(C)c(Br)cc2C(C)C)nnc1SCC(=O)O. The fourth-order valence-corrected chi connectivity index (χ4v) is 3.47. The number of carbonyl (C=O) groups is 1. The average molecular weight is 428 g/mol. The third-order valence-corrected chi connectivity index (χ3v) is 5.51. The number of thioether (sulfide) groups is 1. The van der Waals surface area contributed by atoms with Crippen molar-refractivity contribution in [3.63, 3.8) is 0 Å². The van der Waals surface area contributed by atoms with Gasteiger partial charge in [-0.05, 0) is 43.0 Å². The first kappa shape index (κ1) is 19.8. The van der Waals surface area contributed by atoms with Crippen LogP contribution in [-0.4, -0.2) is 31.6 Å². The first-order valence-electron chi connectivity index (χ1n) is 8.03. The number of benzene rings is 1. The van der Waals surface area contributed by atoms with Gasteiger partial charge in [0.15, 0.2) is 11.0 Å². The molecule has 2 rings (SSSR count). The van der Waals surface area contributed by atoms with Crippen molar-refractivity contribution in [2.24, 2.45) is 0 Å². The first-order chi connectivity index (χ1) is 11.8. The standard InChI is InChI=1S/C17H22BrN3O3S/c1-5-21-15(19-20-17(21)25-9-16(22)23)8-24-14-6-11(4)13(18)7-12(14)10(2)3/h6-7,10H,5,8-9H2,1-4H3,(H,22,23). The van der Waals surface area contributed by atoms with E-state index in [2.05, 4.69) is 46.0 Å². The Bertz CT molecular complexity index is 762. The molecule has 0 aliphatic carbocycles. The van der Waals surface area contributed by atoms with Gasteiger partial charge in [-0.1, -0.05) is 41.5 Å². The third kappa shape index (κ3) is 4.98. The van der Waals surface area contributed by atoms with Crippen LogP contribution >= 0.6 is 27.7 Å². The van der Waals surface area contributed by atoms with Gasteiger partial charge in [0.2, 0.25) is 0 Å². The molecule has 1 aromatic carbocycles. The Balaban J connectivity index is 2.19. The van der Waals surface area contributed by atoms with Crippen LogP contribution in [0.4, 0.5) is 0 Å². The van der Waals surface area contributed by atoms with Crippen LogP contribution in [0, 0.1) is 6.92 Å². The maximum absolute atomic E-state index is 10.7. The molecule has 0 bridgehead atoms. The number of carboxylic acid groups (broad SMARTS) is 1. The lowest BCUT2D eigenvalue weighted by atomic mass is 10.0. The normalized spacial score (nSPS) is 11.1. The van der Waals surface area contributed by atoms with E-state index in [9.17, 15) is 4.79 Å². The van der Waals surface area contributed by atoms with Crippen LogP contribution in [0.5, 0.6) is 5.75 Å². The van der Waals surface area contributed by atoms with Crippen LogP contribution < -0.4 is 4.74 Å². The largest absolute Gasteiger partial charge is 0.485 e. The molecule has 2 aromatic rings. The molecular weight excluding hydrogens is 406 g/mol. The van der Waals surface area contributed by atoms with E-state index in [1.165, 1.54) is 0 Å². The molecule has 1 aromatic heterocycles. The van der Waals surface area contributed by atoms with Gasteiger partial charge in [-0.25, -0.2) is 0 Å². The Morgan fingerprint density at radius 3 is 2.72 bits per heavy atom. The van der Waals surface area contributed by atoms with E-state index >= 15 is 0 Å². The molecule has 0 unspecified atom stereocenters. The van der Waals surface area contributed by atoms with Gasteiger partial charge in [-0.15, -0.1) is 10.2 Å². The highest BCUT2D eigenvalue weighted by Gasteiger charge is 2.15. The molecule has 25 heavy (non-hydrogen) atoms. The number of nitrogens with zero attached hydrogens (tertiary/aromatic N) is 3. The number of hydrogen-bond acceptors (Lipinski definition) is 5. The molecular formula is C17H22BrN3O3S. The quantitative estimate of drug-likeness (QED) is 0.634. The zero-order chi connectivity index (χ0) is 18.6. The van der Waals surface area contributed by atoms with E-state index in [0.717, 1.165) is 33.1 Å². The number of ether oxygens (including phenoxy) is 1. The van der Waals surface area contributed by atoms with Gasteiger partial charge in [-0.2, -0.15) is 0 Å². The van der Waals surface area contributed by atoms with Gasteiger partial charge in [0.05, 0.1) is 5.75 Å². The van der Waals surface area contributed by atoms with Crippen molar-refractivity contribution in [2.75, 3.05) is 5.75 Å². The molecule has 136 valence electrons. The van der Waals surface area contributed by atoms with Crippen LogP contribution in [0.3, 0.4) is 0 Å². The zero-order valence-electron chi connectivity index (χ0n) is 14.7. The molecule has 0 aliphatic heterocycles. The molecule has 0 aliphatic rings. The van der Waals surface area contributed by atoms with Crippen LogP contribution in [0.2, 0.25) is 0 Å². The molecule has 0 spiro atoms. The number of aryl methyl sites for hydroxylation is 1. The number of halogens is 1.